The van der Waals surface area contributed by atoms with Gasteiger partial charge in [-0.2, -0.15) is 0 Å². The lowest BCUT2D eigenvalue weighted by atomic mass is 10.1. The molecule has 1 aliphatic carbocycles. The van der Waals surface area contributed by atoms with E-state index in [2.05, 4.69) is 11.8 Å². The normalized spacial score (nSPS) is 25.0. The highest BCUT2D eigenvalue weighted by Crippen LogP contribution is 2.25. The molecule has 5 nitrogen and oxygen atoms in total. The summed E-state index contributed by atoms with van der Waals surface area (Å²) in [7, 11) is 0. The Balaban J connectivity index is 1.45. The number of carbonyl (C=O) groups excluding carboxylic acids is 1. The molecule has 1 saturated carbocycles. The number of ether oxygens (including phenoxy) is 1. The van der Waals surface area contributed by atoms with Gasteiger partial charge in [0.05, 0.1) is 6.10 Å². The first-order valence-electron chi connectivity index (χ1n) is 8.94. The molecule has 1 aliphatic heterocycles. The molecule has 2 atom stereocenters. The van der Waals surface area contributed by atoms with Crippen LogP contribution in [0.1, 0.15) is 30.4 Å². The number of hydrogen-bond donors (Lipinski definition) is 1. The summed E-state index contributed by atoms with van der Waals surface area (Å²) in [4.78, 5) is 16.6. The summed E-state index contributed by atoms with van der Waals surface area (Å²) < 4.78 is 5.66. The Morgan fingerprint density at radius 2 is 1.92 bits per heavy atom. The second-order valence-electron chi connectivity index (χ2n) is 7.02. The lowest BCUT2D eigenvalue weighted by Gasteiger charge is -2.39. The molecule has 3 rings (SSSR count). The molecule has 0 spiro atoms. The first-order chi connectivity index (χ1) is 11.5. The molecule has 1 saturated heterocycles. The maximum absolute atomic E-state index is 12.3. The number of aliphatic hydroxyl groups excluding tert-OH is 1. The van der Waals surface area contributed by atoms with Gasteiger partial charge in [-0.1, -0.05) is 6.07 Å². The standard InChI is InChI=1S/C19H28N2O3/c1-14-6-7-16(12-15(14)2)24-13-19(23)21-10-8-20(9-11-21)17-4-3-5-18(17)22/h6-7,12,17-18,22H,3-5,8-11,13H2,1-2H3/t17-,18+/m1/s1. The van der Waals surface area contributed by atoms with E-state index >= 15 is 0 Å². The van der Waals surface area contributed by atoms with Crippen LogP contribution < -0.4 is 4.74 Å². The Labute approximate surface area is 144 Å². The van der Waals surface area contributed by atoms with Gasteiger partial charge in [-0.25, -0.2) is 0 Å². The average molecular weight is 332 g/mol. The Morgan fingerprint density at radius 3 is 2.54 bits per heavy atom. The van der Waals surface area contributed by atoms with Crippen LogP contribution in [0.4, 0.5) is 0 Å². The van der Waals surface area contributed by atoms with Crippen LogP contribution in [-0.2, 0) is 4.79 Å². The molecule has 1 heterocycles. The lowest BCUT2D eigenvalue weighted by Crippen LogP contribution is -2.54. The first-order valence-corrected chi connectivity index (χ1v) is 8.94. The molecule has 0 radical (unpaired) electrons. The largest absolute Gasteiger partial charge is 0.484 e. The molecule has 1 aromatic carbocycles. The van der Waals surface area contributed by atoms with Gasteiger partial charge in [-0.3, -0.25) is 9.69 Å². The topological polar surface area (TPSA) is 53.0 Å². The summed E-state index contributed by atoms with van der Waals surface area (Å²) in [6.45, 7) is 7.32. The average Bonchev–Trinajstić information content (AvgIpc) is 3.02. The maximum atomic E-state index is 12.3. The molecule has 1 N–H and O–H groups in total. The fourth-order valence-electron chi connectivity index (χ4n) is 3.69. The number of amides is 1. The molecule has 0 bridgehead atoms. The van der Waals surface area contributed by atoms with Crippen molar-refractivity contribution in [1.82, 2.24) is 9.80 Å². The predicted octanol–water partition coefficient (Wildman–Crippen LogP) is 1.74. The summed E-state index contributed by atoms with van der Waals surface area (Å²) in [6, 6.07) is 6.19. The number of aryl methyl sites for hydroxylation is 2. The summed E-state index contributed by atoms with van der Waals surface area (Å²) in [5.74, 6) is 0.791. The molecular weight excluding hydrogens is 304 g/mol. The van der Waals surface area contributed by atoms with E-state index in [1.54, 1.807) is 0 Å². The summed E-state index contributed by atoms with van der Waals surface area (Å²) >= 11 is 0. The predicted molar refractivity (Wildman–Crippen MR) is 93.2 cm³/mol. The monoisotopic (exact) mass is 332 g/mol. The van der Waals surface area contributed by atoms with Gasteiger partial charge in [-0.15, -0.1) is 0 Å². The lowest BCUT2D eigenvalue weighted by molar-refractivity contribution is -0.135. The van der Waals surface area contributed by atoms with Crippen molar-refractivity contribution in [2.45, 2.75) is 45.3 Å². The zero-order chi connectivity index (χ0) is 17.1. The number of nitrogens with zero attached hydrogens (tertiary/aromatic N) is 2. The Morgan fingerprint density at radius 1 is 1.17 bits per heavy atom. The number of aliphatic hydroxyl groups is 1. The van der Waals surface area contributed by atoms with Gasteiger partial charge >= 0.3 is 0 Å². The highest BCUT2D eigenvalue weighted by Gasteiger charge is 2.33. The third kappa shape index (κ3) is 3.90. The minimum atomic E-state index is -0.194. The van der Waals surface area contributed by atoms with Crippen LogP contribution in [0.15, 0.2) is 18.2 Å². The van der Waals surface area contributed by atoms with E-state index in [1.807, 2.05) is 30.0 Å². The van der Waals surface area contributed by atoms with Crippen molar-refractivity contribution in [2.75, 3.05) is 32.8 Å². The molecule has 2 fully saturated rings. The second kappa shape index (κ2) is 7.53. The van der Waals surface area contributed by atoms with Crippen LogP contribution in [0.5, 0.6) is 5.75 Å². The third-order valence-electron chi connectivity index (χ3n) is 5.42. The highest BCUT2D eigenvalue weighted by molar-refractivity contribution is 5.77. The smallest absolute Gasteiger partial charge is 0.260 e. The van der Waals surface area contributed by atoms with Gasteiger partial charge < -0.3 is 14.7 Å². The van der Waals surface area contributed by atoms with Gasteiger partial charge in [0.1, 0.15) is 5.75 Å². The summed E-state index contributed by atoms with van der Waals surface area (Å²) in [5, 5.41) is 10.0. The number of benzene rings is 1. The van der Waals surface area contributed by atoms with Crippen molar-refractivity contribution in [3.05, 3.63) is 29.3 Å². The van der Waals surface area contributed by atoms with Crippen LogP contribution >= 0.6 is 0 Å². The molecule has 1 amide bonds. The minimum absolute atomic E-state index is 0.0415. The van der Waals surface area contributed by atoms with Crippen molar-refractivity contribution in [2.24, 2.45) is 0 Å². The Bertz CT molecular complexity index is 582. The maximum Gasteiger partial charge on any atom is 0.260 e. The van der Waals surface area contributed by atoms with Gasteiger partial charge in [0.15, 0.2) is 6.61 Å². The SMILES string of the molecule is Cc1ccc(OCC(=O)N2CCN([C@@H]3CCC[C@@H]3O)CC2)cc1C. The van der Waals surface area contributed by atoms with Crippen LogP contribution in [-0.4, -0.2) is 65.7 Å². The van der Waals surface area contributed by atoms with E-state index in [-0.39, 0.29) is 24.7 Å². The molecular formula is C19H28N2O3. The first kappa shape index (κ1) is 17.2. The summed E-state index contributed by atoms with van der Waals surface area (Å²) in [5.41, 5.74) is 2.39. The second-order valence-corrected chi connectivity index (χ2v) is 7.02. The van der Waals surface area contributed by atoms with Gasteiger partial charge in [0.2, 0.25) is 0 Å². The molecule has 0 aromatic heterocycles. The highest BCUT2D eigenvalue weighted by atomic mass is 16.5. The van der Waals surface area contributed by atoms with Crippen LogP contribution in [0, 0.1) is 13.8 Å². The molecule has 132 valence electrons. The van der Waals surface area contributed by atoms with Crippen LogP contribution in [0.3, 0.4) is 0 Å². The van der Waals surface area contributed by atoms with Crippen LogP contribution in [0.2, 0.25) is 0 Å². The van der Waals surface area contributed by atoms with Crippen molar-refractivity contribution >= 4 is 5.91 Å². The fraction of sp³-hybridized carbons (Fsp3) is 0.632. The fourth-order valence-corrected chi connectivity index (χ4v) is 3.69. The number of hydrogen-bond acceptors (Lipinski definition) is 4. The molecule has 24 heavy (non-hydrogen) atoms. The van der Waals surface area contributed by atoms with E-state index in [4.69, 9.17) is 4.74 Å². The van der Waals surface area contributed by atoms with E-state index in [1.165, 1.54) is 11.1 Å². The van der Waals surface area contributed by atoms with Crippen molar-refractivity contribution in [3.8, 4) is 5.75 Å². The Hall–Kier alpha value is -1.59. The van der Waals surface area contributed by atoms with E-state index in [0.717, 1.165) is 51.2 Å². The van der Waals surface area contributed by atoms with Crippen LogP contribution in [0.25, 0.3) is 0 Å². The quantitative estimate of drug-likeness (QED) is 0.912. The summed E-state index contributed by atoms with van der Waals surface area (Å²) in [6.07, 6.45) is 2.90. The van der Waals surface area contributed by atoms with Crippen molar-refractivity contribution in [1.29, 1.82) is 0 Å². The molecule has 2 aliphatic rings. The molecule has 0 unspecified atom stereocenters. The van der Waals surface area contributed by atoms with Gasteiger partial charge in [0.25, 0.3) is 5.91 Å². The zero-order valence-electron chi connectivity index (χ0n) is 14.7. The Kier molecular flexibility index (Phi) is 5.41. The zero-order valence-corrected chi connectivity index (χ0v) is 14.7. The third-order valence-corrected chi connectivity index (χ3v) is 5.42. The number of piperazine rings is 1. The van der Waals surface area contributed by atoms with E-state index < -0.39 is 0 Å². The molecule has 5 heteroatoms. The van der Waals surface area contributed by atoms with Crippen molar-refractivity contribution in [3.63, 3.8) is 0 Å². The van der Waals surface area contributed by atoms with Crippen molar-refractivity contribution < 1.29 is 14.6 Å². The number of rotatable bonds is 4. The van der Waals surface area contributed by atoms with Gasteiger partial charge in [-0.05, 0) is 56.4 Å². The number of carbonyl (C=O) groups is 1. The van der Waals surface area contributed by atoms with Gasteiger partial charge in [0, 0.05) is 32.2 Å². The minimum Gasteiger partial charge on any atom is -0.484 e. The van der Waals surface area contributed by atoms with E-state index in [9.17, 15) is 9.90 Å². The van der Waals surface area contributed by atoms with E-state index in [0.29, 0.717) is 0 Å². The molecule has 1 aromatic rings.